The largest absolute Gasteiger partial charge is 0.383 e. The molecule has 2 rings (SSSR count). The fourth-order valence-corrected chi connectivity index (χ4v) is 2.35. The summed E-state index contributed by atoms with van der Waals surface area (Å²) in [6.45, 7) is 1.92. The van der Waals surface area contributed by atoms with Gasteiger partial charge in [0.15, 0.2) is 11.6 Å². The third-order valence-corrected chi connectivity index (χ3v) is 3.61. The Morgan fingerprint density at radius 2 is 2.10 bits per heavy atom. The van der Waals surface area contributed by atoms with Crippen molar-refractivity contribution in [1.29, 1.82) is 0 Å². The molecule has 0 aliphatic heterocycles. The number of hydrogen-bond acceptors (Lipinski definition) is 3. The van der Waals surface area contributed by atoms with Crippen molar-refractivity contribution in [3.63, 3.8) is 0 Å². The fraction of sp³-hybridized carbons (Fsp3) is 0.231. The van der Waals surface area contributed by atoms with E-state index in [0.717, 1.165) is 12.5 Å². The smallest absolute Gasteiger partial charge is 0.256 e. The van der Waals surface area contributed by atoms with Crippen molar-refractivity contribution in [3.05, 3.63) is 44.2 Å². The molecule has 0 radical (unpaired) electrons. The second-order valence-corrected chi connectivity index (χ2v) is 5.04. The summed E-state index contributed by atoms with van der Waals surface area (Å²) in [6.07, 6.45) is 1.26. The summed E-state index contributed by atoms with van der Waals surface area (Å²) in [5, 5.41) is 0. The first-order chi connectivity index (χ1) is 9.45. The third-order valence-electron chi connectivity index (χ3n) is 2.84. The van der Waals surface area contributed by atoms with Gasteiger partial charge in [0.05, 0.1) is 10.0 Å². The Morgan fingerprint density at radius 1 is 1.40 bits per heavy atom. The number of H-pyrrole nitrogens is 1. The Labute approximate surface area is 122 Å². The Morgan fingerprint density at radius 3 is 2.70 bits per heavy atom. The van der Waals surface area contributed by atoms with E-state index in [2.05, 4.69) is 25.9 Å². The lowest BCUT2D eigenvalue weighted by Crippen LogP contribution is -2.18. The van der Waals surface area contributed by atoms with Gasteiger partial charge in [-0.05, 0) is 34.5 Å². The summed E-state index contributed by atoms with van der Waals surface area (Å²) >= 11 is 2.95. The molecule has 0 amide bonds. The molecule has 106 valence electrons. The van der Waals surface area contributed by atoms with Crippen LogP contribution in [0.15, 0.2) is 21.4 Å². The highest BCUT2D eigenvalue weighted by molar-refractivity contribution is 9.10. The Bertz CT molecular complexity index is 715. The molecule has 0 aliphatic rings. The van der Waals surface area contributed by atoms with Gasteiger partial charge >= 0.3 is 0 Å². The summed E-state index contributed by atoms with van der Waals surface area (Å²) in [5.74, 6) is -1.83. The van der Waals surface area contributed by atoms with Crippen molar-refractivity contribution >= 4 is 21.7 Å². The van der Waals surface area contributed by atoms with Gasteiger partial charge in [0.1, 0.15) is 11.6 Å². The highest BCUT2D eigenvalue weighted by Crippen LogP contribution is 2.29. The quantitative estimate of drug-likeness (QED) is 0.841. The monoisotopic (exact) mass is 343 g/mol. The van der Waals surface area contributed by atoms with E-state index in [9.17, 15) is 13.6 Å². The van der Waals surface area contributed by atoms with E-state index in [-0.39, 0.29) is 27.2 Å². The van der Waals surface area contributed by atoms with Gasteiger partial charge in [-0.15, -0.1) is 0 Å². The molecule has 2 aromatic rings. The van der Waals surface area contributed by atoms with Crippen LogP contribution in [0.1, 0.15) is 18.9 Å². The molecule has 0 fully saturated rings. The van der Waals surface area contributed by atoms with Crippen molar-refractivity contribution < 1.29 is 8.78 Å². The van der Waals surface area contributed by atoms with Crippen LogP contribution in [-0.2, 0) is 6.42 Å². The molecule has 1 heterocycles. The molecule has 7 heteroatoms. The first kappa shape index (κ1) is 14.6. The van der Waals surface area contributed by atoms with Gasteiger partial charge in [-0.25, -0.2) is 13.8 Å². The lowest BCUT2D eigenvalue weighted by Gasteiger charge is -2.08. The fourth-order valence-electron chi connectivity index (χ4n) is 1.84. The second kappa shape index (κ2) is 5.70. The second-order valence-electron chi connectivity index (χ2n) is 4.25. The number of halogens is 3. The van der Waals surface area contributed by atoms with Crippen LogP contribution >= 0.6 is 15.9 Å². The predicted molar refractivity (Wildman–Crippen MR) is 76.3 cm³/mol. The van der Waals surface area contributed by atoms with Gasteiger partial charge in [0.25, 0.3) is 5.56 Å². The first-order valence-electron chi connectivity index (χ1n) is 5.98. The number of nitrogens with one attached hydrogen (secondary N) is 1. The summed E-state index contributed by atoms with van der Waals surface area (Å²) in [4.78, 5) is 18.5. The standard InChI is InChI=1S/C13H12BrF2N3O/c1-2-3-7-11(17)18-12(19-13(7)20)6-4-5-8(15)10(16)9(6)14/h4-5H,2-3H2,1H3,(H3,17,18,19,20). The maximum atomic E-state index is 13.5. The number of nitrogens with zero attached hydrogens (tertiary/aromatic N) is 1. The number of rotatable bonds is 3. The van der Waals surface area contributed by atoms with Gasteiger partial charge in [0, 0.05) is 5.56 Å². The minimum absolute atomic E-state index is 0.0955. The number of benzene rings is 1. The van der Waals surface area contributed by atoms with Crippen LogP contribution in [0.3, 0.4) is 0 Å². The SMILES string of the molecule is CCCc1c(N)nc(-c2ccc(F)c(F)c2Br)[nH]c1=O. The summed E-state index contributed by atoms with van der Waals surface area (Å²) < 4.78 is 26.5. The van der Waals surface area contributed by atoms with E-state index < -0.39 is 11.6 Å². The molecule has 0 spiro atoms. The number of aromatic nitrogens is 2. The maximum Gasteiger partial charge on any atom is 0.256 e. The van der Waals surface area contributed by atoms with Crippen LogP contribution in [0, 0.1) is 11.6 Å². The maximum absolute atomic E-state index is 13.5. The van der Waals surface area contributed by atoms with Crippen molar-refractivity contribution in [2.75, 3.05) is 5.73 Å². The molecule has 20 heavy (non-hydrogen) atoms. The van der Waals surface area contributed by atoms with Gasteiger partial charge in [0.2, 0.25) is 0 Å². The van der Waals surface area contributed by atoms with Gasteiger partial charge in [-0.2, -0.15) is 0 Å². The Kier molecular flexibility index (Phi) is 4.17. The molecule has 0 atom stereocenters. The molecule has 4 nitrogen and oxygen atoms in total. The van der Waals surface area contributed by atoms with Crippen LogP contribution in [0.25, 0.3) is 11.4 Å². The molecular formula is C13H12BrF2N3O. The van der Waals surface area contributed by atoms with Crippen LogP contribution in [-0.4, -0.2) is 9.97 Å². The number of nitrogen functional groups attached to an aromatic ring is 1. The summed E-state index contributed by atoms with van der Waals surface area (Å²) in [5.41, 5.74) is 6.01. The van der Waals surface area contributed by atoms with Crippen molar-refractivity contribution in [2.45, 2.75) is 19.8 Å². The van der Waals surface area contributed by atoms with Crippen LogP contribution in [0.2, 0.25) is 0 Å². The number of hydrogen-bond donors (Lipinski definition) is 2. The number of nitrogens with two attached hydrogens (primary N) is 1. The lowest BCUT2D eigenvalue weighted by atomic mass is 10.1. The van der Waals surface area contributed by atoms with E-state index in [0.29, 0.717) is 12.0 Å². The van der Waals surface area contributed by atoms with E-state index in [4.69, 9.17) is 5.73 Å². The normalized spacial score (nSPS) is 10.8. The van der Waals surface area contributed by atoms with E-state index in [1.807, 2.05) is 6.92 Å². The minimum atomic E-state index is -1.04. The molecule has 0 aliphatic carbocycles. The van der Waals surface area contributed by atoms with Crippen molar-refractivity contribution in [3.8, 4) is 11.4 Å². The highest BCUT2D eigenvalue weighted by atomic mass is 79.9. The third kappa shape index (κ3) is 2.58. The Balaban J connectivity index is 2.60. The zero-order valence-corrected chi connectivity index (χ0v) is 12.2. The molecule has 1 aromatic heterocycles. The molecule has 0 saturated carbocycles. The molecule has 3 N–H and O–H groups in total. The van der Waals surface area contributed by atoms with Crippen LogP contribution in [0.5, 0.6) is 0 Å². The van der Waals surface area contributed by atoms with Crippen LogP contribution < -0.4 is 11.3 Å². The summed E-state index contributed by atoms with van der Waals surface area (Å²) in [7, 11) is 0. The zero-order valence-electron chi connectivity index (χ0n) is 10.6. The van der Waals surface area contributed by atoms with E-state index in [1.165, 1.54) is 6.07 Å². The molecule has 1 aromatic carbocycles. The van der Waals surface area contributed by atoms with Gasteiger partial charge in [-0.3, -0.25) is 4.79 Å². The number of anilines is 1. The van der Waals surface area contributed by atoms with Gasteiger partial charge < -0.3 is 10.7 Å². The predicted octanol–water partition coefficient (Wildman–Crippen LogP) is 3.01. The van der Waals surface area contributed by atoms with Gasteiger partial charge in [-0.1, -0.05) is 13.3 Å². The van der Waals surface area contributed by atoms with E-state index >= 15 is 0 Å². The topological polar surface area (TPSA) is 71.8 Å². The zero-order chi connectivity index (χ0) is 14.9. The van der Waals surface area contributed by atoms with Crippen LogP contribution in [0.4, 0.5) is 14.6 Å². The van der Waals surface area contributed by atoms with E-state index in [1.54, 1.807) is 0 Å². The lowest BCUT2D eigenvalue weighted by molar-refractivity contribution is 0.504. The average Bonchev–Trinajstić information content (AvgIpc) is 2.40. The summed E-state index contributed by atoms with van der Waals surface area (Å²) in [6, 6.07) is 2.28. The highest BCUT2D eigenvalue weighted by Gasteiger charge is 2.16. The first-order valence-corrected chi connectivity index (χ1v) is 6.77. The van der Waals surface area contributed by atoms with Crippen molar-refractivity contribution in [1.82, 2.24) is 9.97 Å². The molecular weight excluding hydrogens is 332 g/mol. The molecule has 0 bridgehead atoms. The number of aromatic amines is 1. The molecule has 0 unspecified atom stereocenters. The minimum Gasteiger partial charge on any atom is -0.383 e. The van der Waals surface area contributed by atoms with Crippen molar-refractivity contribution in [2.24, 2.45) is 0 Å². The average molecular weight is 344 g/mol. The Hall–Kier alpha value is -1.76. The molecule has 0 saturated heterocycles.